The topological polar surface area (TPSA) is 15.7 Å². The number of rotatable bonds is 5. The Morgan fingerprint density at radius 3 is 2.48 bits per heavy atom. The van der Waals surface area contributed by atoms with Gasteiger partial charge in [-0.1, -0.05) is 24.6 Å². The normalized spacial score (nSPS) is 26.5. The first-order valence-corrected chi connectivity index (χ1v) is 8.02. The molecule has 3 heterocycles. The van der Waals surface area contributed by atoms with Crippen LogP contribution in [0, 0.1) is 0 Å². The van der Waals surface area contributed by atoms with Crippen LogP contribution in [0.2, 0.25) is 0 Å². The monoisotopic (exact) mass is 286 g/mol. The van der Waals surface area contributed by atoms with Crippen LogP contribution in [-0.4, -0.2) is 48.6 Å². The second-order valence-corrected chi connectivity index (χ2v) is 6.26. The largest absolute Gasteiger partial charge is 0.497 e. The van der Waals surface area contributed by atoms with Gasteiger partial charge in [-0.3, -0.25) is 9.80 Å². The molecule has 0 spiro atoms. The van der Waals surface area contributed by atoms with Crippen LogP contribution < -0.4 is 4.74 Å². The lowest BCUT2D eigenvalue weighted by molar-refractivity contribution is 0.0452. The SMILES string of the molecule is C=CCN1CC2CCCC1CN2Cc1ccc(OC)cc1. The molecule has 2 unspecified atom stereocenters. The Labute approximate surface area is 128 Å². The summed E-state index contributed by atoms with van der Waals surface area (Å²) in [5.41, 5.74) is 1.39. The van der Waals surface area contributed by atoms with Crippen LogP contribution in [0.4, 0.5) is 0 Å². The van der Waals surface area contributed by atoms with Crippen LogP contribution in [0.15, 0.2) is 36.9 Å². The number of benzene rings is 1. The molecule has 3 nitrogen and oxygen atoms in total. The average molecular weight is 286 g/mol. The van der Waals surface area contributed by atoms with Crippen LogP contribution in [0.25, 0.3) is 0 Å². The lowest BCUT2D eigenvalue weighted by atomic mass is 10.1. The fraction of sp³-hybridized carbons (Fsp3) is 0.556. The third-order valence-electron chi connectivity index (χ3n) is 4.91. The summed E-state index contributed by atoms with van der Waals surface area (Å²) in [7, 11) is 1.72. The number of nitrogens with zero attached hydrogens (tertiary/aromatic N) is 2. The van der Waals surface area contributed by atoms with Gasteiger partial charge in [-0.25, -0.2) is 0 Å². The Hall–Kier alpha value is -1.32. The zero-order valence-electron chi connectivity index (χ0n) is 13.0. The zero-order valence-corrected chi connectivity index (χ0v) is 13.0. The van der Waals surface area contributed by atoms with E-state index in [9.17, 15) is 0 Å². The molecule has 4 rings (SSSR count). The number of methoxy groups -OCH3 is 1. The highest BCUT2D eigenvalue weighted by Gasteiger charge is 2.35. The third kappa shape index (κ3) is 3.30. The van der Waals surface area contributed by atoms with E-state index < -0.39 is 0 Å². The molecule has 3 heteroatoms. The fourth-order valence-corrected chi connectivity index (χ4v) is 3.76. The first-order valence-electron chi connectivity index (χ1n) is 8.02. The van der Waals surface area contributed by atoms with E-state index in [1.165, 1.54) is 37.9 Å². The Balaban J connectivity index is 1.67. The maximum Gasteiger partial charge on any atom is 0.118 e. The predicted octanol–water partition coefficient (Wildman–Crippen LogP) is 2.92. The molecule has 0 amide bonds. The molecule has 2 atom stereocenters. The van der Waals surface area contributed by atoms with Gasteiger partial charge >= 0.3 is 0 Å². The predicted molar refractivity (Wildman–Crippen MR) is 86.6 cm³/mol. The van der Waals surface area contributed by atoms with E-state index in [2.05, 4.69) is 46.7 Å². The molecule has 3 aliphatic heterocycles. The van der Waals surface area contributed by atoms with Crippen molar-refractivity contribution in [1.29, 1.82) is 0 Å². The Morgan fingerprint density at radius 2 is 1.81 bits per heavy atom. The van der Waals surface area contributed by atoms with Gasteiger partial charge in [-0.05, 0) is 30.5 Å². The standard InChI is InChI=1S/C18H26N2O/c1-3-11-19-13-17-6-4-5-16(19)14-20(17)12-15-7-9-18(21-2)10-8-15/h3,7-10,16-17H,1,4-6,11-14H2,2H3. The molecule has 0 aromatic heterocycles. The van der Waals surface area contributed by atoms with Crippen molar-refractivity contribution in [3.05, 3.63) is 42.5 Å². The van der Waals surface area contributed by atoms with Crippen molar-refractivity contribution in [2.24, 2.45) is 0 Å². The molecule has 0 N–H and O–H groups in total. The summed E-state index contributed by atoms with van der Waals surface area (Å²) >= 11 is 0. The minimum atomic E-state index is 0.700. The molecular formula is C18H26N2O. The number of piperazine rings is 1. The quantitative estimate of drug-likeness (QED) is 0.774. The second-order valence-electron chi connectivity index (χ2n) is 6.26. The maximum absolute atomic E-state index is 5.24. The summed E-state index contributed by atoms with van der Waals surface area (Å²) in [6, 6.07) is 9.92. The third-order valence-corrected chi connectivity index (χ3v) is 4.91. The maximum atomic E-state index is 5.24. The van der Waals surface area contributed by atoms with Crippen LogP contribution >= 0.6 is 0 Å². The highest BCUT2D eigenvalue weighted by molar-refractivity contribution is 5.27. The fourth-order valence-electron chi connectivity index (χ4n) is 3.76. The molecule has 3 fully saturated rings. The van der Waals surface area contributed by atoms with Crippen molar-refractivity contribution >= 4 is 0 Å². The van der Waals surface area contributed by atoms with Gasteiger partial charge in [-0.2, -0.15) is 0 Å². The second kappa shape index (κ2) is 6.63. The minimum Gasteiger partial charge on any atom is -0.497 e. The summed E-state index contributed by atoms with van der Waals surface area (Å²) in [6.07, 6.45) is 6.08. The van der Waals surface area contributed by atoms with Crippen molar-refractivity contribution in [2.75, 3.05) is 26.7 Å². The van der Waals surface area contributed by atoms with Gasteiger partial charge < -0.3 is 4.74 Å². The highest BCUT2D eigenvalue weighted by atomic mass is 16.5. The first kappa shape index (κ1) is 14.6. The lowest BCUT2D eigenvalue weighted by Gasteiger charge is -2.43. The van der Waals surface area contributed by atoms with E-state index in [1.54, 1.807) is 7.11 Å². The Kier molecular flexibility index (Phi) is 4.61. The van der Waals surface area contributed by atoms with Crippen LogP contribution in [0.5, 0.6) is 5.75 Å². The lowest BCUT2D eigenvalue weighted by Crippen LogP contribution is -2.55. The summed E-state index contributed by atoms with van der Waals surface area (Å²) in [5, 5.41) is 0. The van der Waals surface area contributed by atoms with Crippen molar-refractivity contribution in [1.82, 2.24) is 9.80 Å². The molecule has 1 aromatic carbocycles. The zero-order chi connectivity index (χ0) is 14.7. The molecular weight excluding hydrogens is 260 g/mol. The number of hydrogen-bond donors (Lipinski definition) is 0. The van der Waals surface area contributed by atoms with E-state index in [-0.39, 0.29) is 0 Å². The van der Waals surface area contributed by atoms with Crippen molar-refractivity contribution in [3.8, 4) is 5.75 Å². The average Bonchev–Trinajstić information content (AvgIpc) is 2.82. The Bertz CT molecular complexity index is 471. The van der Waals surface area contributed by atoms with Crippen molar-refractivity contribution in [2.45, 2.75) is 37.9 Å². The van der Waals surface area contributed by atoms with Crippen LogP contribution in [0.3, 0.4) is 0 Å². The van der Waals surface area contributed by atoms with Gasteiger partial charge in [0.25, 0.3) is 0 Å². The minimum absolute atomic E-state index is 0.700. The highest BCUT2D eigenvalue weighted by Crippen LogP contribution is 2.28. The summed E-state index contributed by atoms with van der Waals surface area (Å²) < 4.78 is 5.24. The molecule has 0 radical (unpaired) electrons. The Morgan fingerprint density at radius 1 is 1.14 bits per heavy atom. The number of fused-ring (bicyclic) bond motifs is 4. The van der Waals surface area contributed by atoms with Gasteiger partial charge in [0.15, 0.2) is 0 Å². The van der Waals surface area contributed by atoms with Gasteiger partial charge in [0, 0.05) is 38.3 Å². The molecule has 2 bridgehead atoms. The van der Waals surface area contributed by atoms with E-state index >= 15 is 0 Å². The summed E-state index contributed by atoms with van der Waals surface area (Å²) in [5.74, 6) is 0.938. The van der Waals surface area contributed by atoms with E-state index in [1.807, 2.05) is 0 Å². The van der Waals surface area contributed by atoms with E-state index in [4.69, 9.17) is 4.74 Å². The molecule has 114 valence electrons. The summed E-state index contributed by atoms with van der Waals surface area (Å²) in [6.45, 7) is 8.41. The van der Waals surface area contributed by atoms with Crippen LogP contribution in [-0.2, 0) is 6.54 Å². The van der Waals surface area contributed by atoms with Crippen molar-refractivity contribution < 1.29 is 4.74 Å². The van der Waals surface area contributed by atoms with E-state index in [0.29, 0.717) is 12.1 Å². The molecule has 3 aliphatic rings. The van der Waals surface area contributed by atoms with E-state index in [0.717, 1.165) is 18.8 Å². The molecule has 3 saturated heterocycles. The molecule has 0 saturated carbocycles. The molecule has 0 aliphatic carbocycles. The van der Waals surface area contributed by atoms with Crippen LogP contribution in [0.1, 0.15) is 24.8 Å². The first-order chi connectivity index (χ1) is 10.3. The van der Waals surface area contributed by atoms with Gasteiger partial charge in [0.05, 0.1) is 7.11 Å². The number of ether oxygens (including phenoxy) is 1. The summed E-state index contributed by atoms with van der Waals surface area (Å²) in [4.78, 5) is 5.30. The smallest absolute Gasteiger partial charge is 0.118 e. The van der Waals surface area contributed by atoms with Gasteiger partial charge in [-0.15, -0.1) is 6.58 Å². The number of hydrogen-bond acceptors (Lipinski definition) is 3. The van der Waals surface area contributed by atoms with Gasteiger partial charge in [0.2, 0.25) is 0 Å². The molecule has 1 aromatic rings. The van der Waals surface area contributed by atoms with Gasteiger partial charge in [0.1, 0.15) is 5.75 Å². The molecule has 21 heavy (non-hydrogen) atoms. The van der Waals surface area contributed by atoms with Crippen molar-refractivity contribution in [3.63, 3.8) is 0 Å².